The number of carbonyl (C=O) groups excluding carboxylic acids is 2. The lowest BCUT2D eigenvalue weighted by molar-refractivity contribution is -0.278. The van der Waals surface area contributed by atoms with Crippen LogP contribution in [0.15, 0.2) is 12.7 Å². The maximum atomic E-state index is 18.3. The van der Waals surface area contributed by atoms with Gasteiger partial charge in [0.05, 0.1) is 25.9 Å². The highest BCUT2D eigenvalue weighted by molar-refractivity contribution is 6.85. The number of nitrogens with one attached hydrogen (secondary N) is 2. The molecule has 0 unspecified atom stereocenters. The molecule has 29 heteroatoms. The Morgan fingerprint density at radius 3 is 1.41 bits per heavy atom. The zero-order chi connectivity index (χ0) is 69.1. The molecule has 8 atom stereocenters. The van der Waals surface area contributed by atoms with Crippen LogP contribution in [0.1, 0.15) is 151 Å². The van der Waals surface area contributed by atoms with Gasteiger partial charge in [-0.1, -0.05) is 213 Å². The molecule has 4 fully saturated rings. The Balaban J connectivity index is 0.000000261. The van der Waals surface area contributed by atoms with E-state index in [1.807, 2.05) is 0 Å². The first-order chi connectivity index (χ1) is 42.4. The number of anilines is 2. The SMILES string of the molecule is CC(C)C(=O)Nc1nc(Cl)c2ncn([C@@H]3O[C@@H]4COC(C(C)C)(C(C)C)O[Si](C(C)C)(C(C)C)O[C@H]4[C@@]3(O)C#C[Si](C)(C)C)c2n1.CC(C)C(=O)Nc1nc(Cl)c2ncn([C@@H]3O[C@@H]4CO[Si](C(C)C)(C(C)C)O[Si](C(C)C)(C(C)C)O[C@H]4[C@]3(F)C#C[Si](C)(C)C)c2n1. The predicted octanol–water partition coefficient (Wildman–Crippen LogP) is 13.8. The number of halogens is 3. The van der Waals surface area contributed by atoms with Crippen LogP contribution >= 0.6 is 23.2 Å². The van der Waals surface area contributed by atoms with Gasteiger partial charge in [-0.3, -0.25) is 29.4 Å². The molecular formula is C63H103Cl2FN10O11Si5. The zero-order valence-corrected chi connectivity index (χ0v) is 65.6. The van der Waals surface area contributed by atoms with E-state index in [1.54, 1.807) is 32.3 Å². The smallest absolute Gasteiger partial charge is 0.346 e. The van der Waals surface area contributed by atoms with E-state index in [0.29, 0.717) is 5.52 Å². The lowest BCUT2D eigenvalue weighted by atomic mass is 9.91. The average Bonchev–Trinajstić information content (AvgIpc) is 1.54. The summed E-state index contributed by atoms with van der Waals surface area (Å²) in [5.74, 6) is 4.22. The largest absolute Gasteiger partial charge is 0.414 e. The van der Waals surface area contributed by atoms with Crippen LogP contribution in [0.3, 0.4) is 0 Å². The van der Waals surface area contributed by atoms with Gasteiger partial charge in [0.1, 0.15) is 51.6 Å². The fraction of sp³-hybridized carbons (Fsp3) is 0.746. The Kier molecular flexibility index (Phi) is 23.1. The highest BCUT2D eigenvalue weighted by atomic mass is 35.5. The van der Waals surface area contributed by atoms with Crippen molar-refractivity contribution in [2.45, 2.75) is 265 Å². The van der Waals surface area contributed by atoms with Gasteiger partial charge in [-0.05, 0) is 33.2 Å². The van der Waals surface area contributed by atoms with E-state index in [1.165, 1.54) is 17.2 Å². The van der Waals surface area contributed by atoms with Crippen molar-refractivity contribution < 1.29 is 55.1 Å². The van der Waals surface area contributed by atoms with Gasteiger partial charge in [-0.15, -0.1) is 11.1 Å². The molecule has 2 amide bonds. The van der Waals surface area contributed by atoms with Gasteiger partial charge in [0.15, 0.2) is 45.4 Å². The Hall–Kier alpha value is -3.61. The number of carbonyl (C=O) groups is 2. The second-order valence-electron chi connectivity index (χ2n) is 30.3. The van der Waals surface area contributed by atoms with Crippen molar-refractivity contribution in [2.24, 2.45) is 23.7 Å². The molecule has 0 aliphatic carbocycles. The molecule has 4 aromatic heterocycles. The standard InChI is InChI=1S/C32H52ClN5O6Si2.C31H51ClFN5O5Si3/c1-18(2)28(39)37-30-35-26(33)24-27(36-30)38(17-34-24)29-31(40,14-15-45(11,12)13)25-23(42-29)16-41-32(19(3)4,20(5)6)44-46(43-25,21(7)8)22(9)10;1-18(2)28(39)37-30-35-26(32)24-27(36-30)38(17-34-24)29-31(33,14-15-44(11,12)13)25-23(41-29)16-40-45(19(3)4,20(5)6)43-46(42-25,21(7)8)22(9)10/h17-23,25,29,40H,16H2,1-13H3,(H,35,36,37,39);17-23,25,29H,16H2,1-13H3,(H,35,36,37,39)/t23-,25-,29-,31+;23-,25-,29-,31-/m11/s1. The molecule has 4 aliphatic rings. The minimum atomic E-state index is -3.20. The van der Waals surface area contributed by atoms with Gasteiger partial charge in [0.2, 0.25) is 29.4 Å². The summed E-state index contributed by atoms with van der Waals surface area (Å²) in [6.45, 7) is 53.6. The van der Waals surface area contributed by atoms with Crippen molar-refractivity contribution >= 4 is 111 Å². The molecule has 4 saturated heterocycles. The van der Waals surface area contributed by atoms with Gasteiger partial charge in [0.25, 0.3) is 0 Å². The van der Waals surface area contributed by atoms with Crippen molar-refractivity contribution in [3.63, 3.8) is 0 Å². The number of alkyl halides is 1. The molecule has 0 aromatic carbocycles. The minimum Gasteiger partial charge on any atom is -0.414 e. The van der Waals surface area contributed by atoms with E-state index in [-0.39, 0.29) is 121 Å². The van der Waals surface area contributed by atoms with Crippen LogP contribution in [-0.4, -0.2) is 152 Å². The van der Waals surface area contributed by atoms with Crippen molar-refractivity contribution in [3.8, 4) is 22.9 Å². The second-order valence-corrected chi connectivity index (χ2v) is 53.5. The molecule has 4 aromatic rings. The zero-order valence-electron chi connectivity index (χ0n) is 59.0. The number of hydrogen-bond acceptors (Lipinski definition) is 17. The number of rotatable bonds is 14. The van der Waals surface area contributed by atoms with Crippen LogP contribution in [0, 0.1) is 46.6 Å². The Bertz CT molecular complexity index is 3190. The maximum absolute atomic E-state index is 18.3. The summed E-state index contributed by atoms with van der Waals surface area (Å²) in [4.78, 5) is 51.5. The number of imidazole rings is 2. The van der Waals surface area contributed by atoms with Crippen molar-refractivity contribution in [2.75, 3.05) is 23.8 Å². The third-order valence-corrected chi connectivity index (χ3v) is 34.5. The van der Waals surface area contributed by atoms with Crippen LogP contribution < -0.4 is 10.6 Å². The van der Waals surface area contributed by atoms with Gasteiger partial charge < -0.3 is 41.1 Å². The molecule has 3 N–H and O–H groups in total. The first-order valence-corrected chi connectivity index (χ1v) is 46.3. The number of aliphatic hydroxyl groups is 1. The second kappa shape index (κ2) is 28.1. The third kappa shape index (κ3) is 14.8. The molecule has 92 heavy (non-hydrogen) atoms. The normalized spacial score (nSPS) is 26.4. The van der Waals surface area contributed by atoms with Crippen molar-refractivity contribution in [1.29, 1.82) is 0 Å². The summed E-state index contributed by atoms with van der Waals surface area (Å²) < 4.78 is 77.4. The van der Waals surface area contributed by atoms with Crippen LogP contribution in [0.2, 0.25) is 82.8 Å². The van der Waals surface area contributed by atoms with Gasteiger partial charge in [-0.25, -0.2) is 14.4 Å². The molecule has 21 nitrogen and oxygen atoms in total. The molecule has 8 rings (SSSR count). The monoisotopic (exact) mass is 1400 g/mol. The van der Waals surface area contributed by atoms with E-state index in [2.05, 4.69) is 214 Å². The number of hydrogen-bond donors (Lipinski definition) is 3. The quantitative estimate of drug-likeness (QED) is 0.0604. The molecular weight excluding hydrogens is 1300 g/mol. The fourth-order valence-corrected chi connectivity index (χ4v) is 29.4. The first-order valence-electron chi connectivity index (χ1n) is 32.6. The predicted molar refractivity (Wildman–Crippen MR) is 371 cm³/mol. The summed E-state index contributed by atoms with van der Waals surface area (Å²) in [7, 11) is -13.4. The summed E-state index contributed by atoms with van der Waals surface area (Å²) in [6, 6.07) is 0. The van der Waals surface area contributed by atoms with Crippen molar-refractivity contribution in [1.82, 2.24) is 39.0 Å². The number of ether oxygens (including phenoxy) is 3. The van der Waals surface area contributed by atoms with E-state index in [4.69, 9.17) is 59.2 Å². The third-order valence-electron chi connectivity index (χ3n) is 17.6. The highest BCUT2D eigenvalue weighted by Crippen LogP contribution is 2.54. The highest BCUT2D eigenvalue weighted by Gasteiger charge is 2.68. The summed E-state index contributed by atoms with van der Waals surface area (Å²) >= 11 is 13.1. The van der Waals surface area contributed by atoms with Gasteiger partial charge >= 0.3 is 25.7 Å². The summed E-state index contributed by atoms with van der Waals surface area (Å²) in [5, 5.41) is 18.3. The molecule has 0 saturated carbocycles. The molecule has 0 bridgehead atoms. The first kappa shape index (κ1) is 75.8. The Morgan fingerprint density at radius 1 is 0.598 bits per heavy atom. The topological polar surface area (TPSA) is 239 Å². The average molecular weight is 1410 g/mol. The number of nitrogens with zero attached hydrogens (tertiary/aromatic N) is 8. The Morgan fingerprint density at radius 2 is 1.00 bits per heavy atom. The lowest BCUT2D eigenvalue weighted by Gasteiger charge is -2.53. The minimum absolute atomic E-state index is 0.00715. The number of fused-ring (bicyclic) bond motifs is 4. The van der Waals surface area contributed by atoms with Gasteiger partial charge in [0, 0.05) is 23.7 Å². The van der Waals surface area contributed by atoms with Crippen LogP contribution in [-0.2, 0) is 45.6 Å². The van der Waals surface area contributed by atoms with E-state index in [9.17, 15) is 14.7 Å². The summed E-state index contributed by atoms with van der Waals surface area (Å²) in [6.07, 6.45) is -2.99. The number of aromatic nitrogens is 8. The van der Waals surface area contributed by atoms with E-state index in [0.717, 1.165) is 0 Å². The molecule has 8 heterocycles. The maximum Gasteiger partial charge on any atom is 0.346 e. The Labute approximate surface area is 560 Å². The molecule has 512 valence electrons. The fourth-order valence-electron chi connectivity index (χ4n) is 12.5. The molecule has 4 aliphatic heterocycles. The van der Waals surface area contributed by atoms with Crippen LogP contribution in [0.4, 0.5) is 16.3 Å². The summed E-state index contributed by atoms with van der Waals surface area (Å²) in [5.41, 5.74) is 3.71. The van der Waals surface area contributed by atoms with Crippen molar-refractivity contribution in [3.05, 3.63) is 23.0 Å². The molecule has 0 radical (unpaired) electrons. The lowest BCUT2D eigenvalue weighted by Crippen LogP contribution is -2.66. The van der Waals surface area contributed by atoms with Gasteiger partial charge in [-0.2, -0.15) is 19.9 Å². The van der Waals surface area contributed by atoms with E-state index >= 15 is 4.39 Å². The van der Waals surface area contributed by atoms with Crippen LogP contribution in [0.25, 0.3) is 22.3 Å². The number of amides is 2. The van der Waals surface area contributed by atoms with Crippen LogP contribution in [0.5, 0.6) is 0 Å². The molecule has 0 spiro atoms. The van der Waals surface area contributed by atoms with E-state index < -0.39 is 95.8 Å².